The lowest BCUT2D eigenvalue weighted by Gasteiger charge is -2.27. The molecule has 0 radical (unpaired) electrons. The lowest BCUT2D eigenvalue weighted by molar-refractivity contribution is 0.180. The SMILES string of the molecule is CC(NS(=O)(=O)CCN1CCNCC1)C1CCOC1. The normalized spacial score (nSPS) is 27.5. The summed E-state index contributed by atoms with van der Waals surface area (Å²) in [6, 6.07) is -0.0319. The van der Waals surface area contributed by atoms with E-state index in [1.807, 2.05) is 6.92 Å². The highest BCUT2D eigenvalue weighted by atomic mass is 32.2. The summed E-state index contributed by atoms with van der Waals surface area (Å²) in [4.78, 5) is 2.19. The molecular formula is C12H25N3O3S. The fourth-order valence-corrected chi connectivity index (χ4v) is 3.94. The van der Waals surface area contributed by atoms with Crippen molar-refractivity contribution in [3.8, 4) is 0 Å². The maximum Gasteiger partial charge on any atom is 0.213 e. The predicted molar refractivity (Wildman–Crippen MR) is 74.6 cm³/mol. The van der Waals surface area contributed by atoms with Gasteiger partial charge in [0, 0.05) is 51.3 Å². The molecule has 0 spiro atoms. The summed E-state index contributed by atoms with van der Waals surface area (Å²) in [5.41, 5.74) is 0. The van der Waals surface area contributed by atoms with Crippen molar-refractivity contribution in [1.29, 1.82) is 0 Å². The molecule has 2 fully saturated rings. The van der Waals surface area contributed by atoms with Crippen LogP contribution in [-0.4, -0.2) is 71.0 Å². The van der Waals surface area contributed by atoms with Gasteiger partial charge < -0.3 is 10.1 Å². The van der Waals surface area contributed by atoms with E-state index in [0.29, 0.717) is 19.1 Å². The Morgan fingerprint density at radius 3 is 2.79 bits per heavy atom. The second-order valence-corrected chi connectivity index (χ2v) is 7.31. The average molecular weight is 291 g/mol. The molecular weight excluding hydrogens is 266 g/mol. The first-order valence-electron chi connectivity index (χ1n) is 7.08. The Morgan fingerprint density at radius 2 is 2.16 bits per heavy atom. The molecule has 0 saturated carbocycles. The maximum atomic E-state index is 12.0. The topological polar surface area (TPSA) is 70.7 Å². The van der Waals surface area contributed by atoms with E-state index in [-0.39, 0.29) is 11.8 Å². The molecule has 2 atom stereocenters. The highest BCUT2D eigenvalue weighted by Crippen LogP contribution is 2.16. The molecule has 0 aromatic carbocycles. The van der Waals surface area contributed by atoms with Gasteiger partial charge in [-0.3, -0.25) is 4.90 Å². The Labute approximate surface area is 115 Å². The third-order valence-electron chi connectivity index (χ3n) is 3.92. The first-order valence-corrected chi connectivity index (χ1v) is 8.73. The summed E-state index contributed by atoms with van der Waals surface area (Å²) >= 11 is 0. The number of hydrogen-bond acceptors (Lipinski definition) is 5. The van der Waals surface area contributed by atoms with Crippen molar-refractivity contribution in [1.82, 2.24) is 14.9 Å². The second-order valence-electron chi connectivity index (χ2n) is 5.44. The zero-order valence-corrected chi connectivity index (χ0v) is 12.4. The van der Waals surface area contributed by atoms with Crippen molar-refractivity contribution in [3.63, 3.8) is 0 Å². The molecule has 2 heterocycles. The van der Waals surface area contributed by atoms with Crippen LogP contribution < -0.4 is 10.0 Å². The van der Waals surface area contributed by atoms with Crippen LogP contribution in [0, 0.1) is 5.92 Å². The van der Waals surface area contributed by atoms with Crippen molar-refractivity contribution in [2.24, 2.45) is 5.92 Å². The lowest BCUT2D eigenvalue weighted by Crippen LogP contribution is -2.47. The summed E-state index contributed by atoms with van der Waals surface area (Å²) in [5.74, 6) is 0.499. The second kappa shape index (κ2) is 6.99. The van der Waals surface area contributed by atoms with Crippen LogP contribution in [-0.2, 0) is 14.8 Å². The minimum absolute atomic E-state index is 0.0319. The Balaban J connectivity index is 1.74. The van der Waals surface area contributed by atoms with Crippen LogP contribution in [0.1, 0.15) is 13.3 Å². The van der Waals surface area contributed by atoms with Crippen molar-refractivity contribution in [2.75, 3.05) is 51.7 Å². The summed E-state index contributed by atoms with van der Waals surface area (Å²) in [5, 5.41) is 3.26. The number of rotatable bonds is 6. The first-order chi connectivity index (χ1) is 9.07. The molecule has 112 valence electrons. The molecule has 0 bridgehead atoms. The summed E-state index contributed by atoms with van der Waals surface area (Å²) < 4.78 is 32.2. The number of hydrogen-bond donors (Lipinski definition) is 2. The largest absolute Gasteiger partial charge is 0.381 e. The predicted octanol–water partition coefficient (Wildman–Crippen LogP) is -0.764. The number of nitrogens with zero attached hydrogens (tertiary/aromatic N) is 1. The highest BCUT2D eigenvalue weighted by molar-refractivity contribution is 7.89. The molecule has 2 aliphatic rings. The van der Waals surface area contributed by atoms with Crippen molar-refractivity contribution in [2.45, 2.75) is 19.4 Å². The van der Waals surface area contributed by atoms with E-state index in [9.17, 15) is 8.42 Å². The fraction of sp³-hybridized carbons (Fsp3) is 1.00. The van der Waals surface area contributed by atoms with Crippen LogP contribution in [0.15, 0.2) is 0 Å². The maximum absolute atomic E-state index is 12.0. The van der Waals surface area contributed by atoms with E-state index in [2.05, 4.69) is 14.9 Å². The number of piperazine rings is 1. The Bertz CT molecular complexity index is 362. The molecule has 6 nitrogen and oxygen atoms in total. The standard InChI is InChI=1S/C12H25N3O3S/c1-11(12-2-8-18-10-12)14-19(16,17)9-7-15-5-3-13-4-6-15/h11-14H,2-10H2,1H3. The summed E-state index contributed by atoms with van der Waals surface area (Å²) in [6.07, 6.45) is 0.946. The van der Waals surface area contributed by atoms with Crippen LogP contribution in [0.25, 0.3) is 0 Å². The van der Waals surface area contributed by atoms with Crippen molar-refractivity contribution in [3.05, 3.63) is 0 Å². The van der Waals surface area contributed by atoms with Gasteiger partial charge >= 0.3 is 0 Å². The van der Waals surface area contributed by atoms with Crippen LogP contribution in [0.5, 0.6) is 0 Å². The van der Waals surface area contributed by atoms with Crippen LogP contribution in [0.4, 0.5) is 0 Å². The molecule has 2 unspecified atom stereocenters. The molecule has 19 heavy (non-hydrogen) atoms. The van der Waals surface area contributed by atoms with Gasteiger partial charge in [-0.05, 0) is 13.3 Å². The Hall–Kier alpha value is -0.210. The van der Waals surface area contributed by atoms with Gasteiger partial charge in [-0.25, -0.2) is 13.1 Å². The summed E-state index contributed by atoms with van der Waals surface area (Å²) in [7, 11) is -3.19. The van der Waals surface area contributed by atoms with Gasteiger partial charge in [-0.15, -0.1) is 0 Å². The zero-order chi connectivity index (χ0) is 13.7. The minimum Gasteiger partial charge on any atom is -0.381 e. The number of ether oxygens (including phenoxy) is 1. The number of sulfonamides is 1. The van der Waals surface area contributed by atoms with Gasteiger partial charge in [0.1, 0.15) is 0 Å². The van der Waals surface area contributed by atoms with Gasteiger partial charge in [0.25, 0.3) is 0 Å². The third-order valence-corrected chi connectivity index (χ3v) is 5.37. The lowest BCUT2D eigenvalue weighted by atomic mass is 10.0. The van der Waals surface area contributed by atoms with Gasteiger partial charge in [0.2, 0.25) is 10.0 Å². The molecule has 0 aromatic heterocycles. The molecule has 2 saturated heterocycles. The third kappa shape index (κ3) is 5.00. The van der Waals surface area contributed by atoms with E-state index in [0.717, 1.165) is 39.2 Å². The van der Waals surface area contributed by atoms with E-state index in [4.69, 9.17) is 4.74 Å². The van der Waals surface area contributed by atoms with Crippen molar-refractivity contribution >= 4 is 10.0 Å². The molecule has 7 heteroatoms. The Kier molecular flexibility index (Phi) is 5.58. The van der Waals surface area contributed by atoms with E-state index < -0.39 is 10.0 Å². The van der Waals surface area contributed by atoms with Crippen molar-refractivity contribution < 1.29 is 13.2 Å². The molecule has 0 aromatic rings. The molecule has 2 aliphatic heterocycles. The molecule has 2 rings (SSSR count). The number of nitrogens with one attached hydrogen (secondary N) is 2. The van der Waals surface area contributed by atoms with Crippen LogP contribution in [0.2, 0.25) is 0 Å². The smallest absolute Gasteiger partial charge is 0.213 e. The molecule has 0 amide bonds. The summed E-state index contributed by atoms with van der Waals surface area (Å²) in [6.45, 7) is 7.72. The quantitative estimate of drug-likeness (QED) is 0.673. The Morgan fingerprint density at radius 1 is 1.42 bits per heavy atom. The highest BCUT2D eigenvalue weighted by Gasteiger charge is 2.26. The van der Waals surface area contributed by atoms with Gasteiger partial charge in [-0.1, -0.05) is 0 Å². The van der Waals surface area contributed by atoms with Gasteiger partial charge in [0.05, 0.1) is 12.4 Å². The molecule has 2 N–H and O–H groups in total. The van der Waals surface area contributed by atoms with E-state index in [1.165, 1.54) is 0 Å². The van der Waals surface area contributed by atoms with E-state index in [1.54, 1.807) is 0 Å². The average Bonchev–Trinajstić information content (AvgIpc) is 2.91. The van der Waals surface area contributed by atoms with Crippen LogP contribution >= 0.6 is 0 Å². The minimum atomic E-state index is -3.19. The fourth-order valence-electron chi connectivity index (χ4n) is 2.57. The van der Waals surface area contributed by atoms with Gasteiger partial charge in [0.15, 0.2) is 0 Å². The monoisotopic (exact) mass is 291 g/mol. The van der Waals surface area contributed by atoms with Gasteiger partial charge in [-0.2, -0.15) is 0 Å². The first kappa shape index (κ1) is 15.2. The van der Waals surface area contributed by atoms with Crippen LogP contribution in [0.3, 0.4) is 0 Å². The van der Waals surface area contributed by atoms with E-state index >= 15 is 0 Å². The zero-order valence-electron chi connectivity index (χ0n) is 11.6. The molecule has 0 aliphatic carbocycles.